The van der Waals surface area contributed by atoms with Crippen LogP contribution in [0.2, 0.25) is 0 Å². The van der Waals surface area contributed by atoms with Crippen LogP contribution in [0.3, 0.4) is 0 Å². The molecule has 2 N–H and O–H groups in total. The second-order valence-electron chi connectivity index (χ2n) is 7.20. The van der Waals surface area contributed by atoms with E-state index in [1.807, 2.05) is 36.4 Å². The highest BCUT2D eigenvalue weighted by Gasteiger charge is 2.34. The van der Waals surface area contributed by atoms with E-state index in [0.717, 1.165) is 30.3 Å². The lowest BCUT2D eigenvalue weighted by atomic mass is 10.2. The van der Waals surface area contributed by atoms with Crippen LogP contribution in [0, 0.1) is 5.82 Å². The third-order valence-electron chi connectivity index (χ3n) is 5.17. The number of aromatic nitrogens is 2. The maximum absolute atomic E-state index is 13.2. The molecule has 5 rings (SSSR count). The largest absolute Gasteiger partial charge is 0.449 e. The molecule has 1 saturated carbocycles. The summed E-state index contributed by atoms with van der Waals surface area (Å²) in [6.07, 6.45) is 2.33. The summed E-state index contributed by atoms with van der Waals surface area (Å²) in [6, 6.07) is 14.7. The second kappa shape index (κ2) is 6.32. The number of rotatable bonds is 5. The first kappa shape index (κ1) is 16.2. The van der Waals surface area contributed by atoms with Gasteiger partial charge in [-0.05, 0) is 24.3 Å². The van der Waals surface area contributed by atoms with E-state index in [4.69, 9.17) is 9.40 Å². The van der Waals surface area contributed by atoms with Crippen molar-refractivity contribution in [2.45, 2.75) is 32.0 Å². The summed E-state index contributed by atoms with van der Waals surface area (Å²) >= 11 is 0. The molecule has 5 nitrogen and oxygen atoms in total. The molecule has 4 aromatic rings. The van der Waals surface area contributed by atoms with Gasteiger partial charge in [0.05, 0.1) is 6.04 Å². The van der Waals surface area contributed by atoms with Crippen molar-refractivity contribution in [3.05, 3.63) is 76.1 Å². The topological polar surface area (TPSA) is 63.3 Å². The number of furan rings is 1. The summed E-state index contributed by atoms with van der Waals surface area (Å²) in [4.78, 5) is 21.4. The van der Waals surface area contributed by atoms with Crippen LogP contribution in [-0.4, -0.2) is 16.0 Å². The number of aromatic amines is 1. The van der Waals surface area contributed by atoms with Crippen LogP contribution in [0.25, 0.3) is 22.1 Å². The predicted molar refractivity (Wildman–Crippen MR) is 99.9 cm³/mol. The molecule has 2 aromatic carbocycles. The van der Waals surface area contributed by atoms with Gasteiger partial charge in [-0.15, -0.1) is 0 Å². The van der Waals surface area contributed by atoms with Gasteiger partial charge in [-0.25, -0.2) is 9.37 Å². The number of quaternary nitrogens is 1. The van der Waals surface area contributed by atoms with Crippen LogP contribution in [-0.2, 0) is 13.1 Å². The number of fused-ring (bicyclic) bond motifs is 3. The summed E-state index contributed by atoms with van der Waals surface area (Å²) in [6.45, 7) is 1.39. The Morgan fingerprint density at radius 2 is 1.89 bits per heavy atom. The van der Waals surface area contributed by atoms with E-state index in [1.165, 1.54) is 17.0 Å². The van der Waals surface area contributed by atoms with Crippen molar-refractivity contribution in [1.29, 1.82) is 0 Å². The van der Waals surface area contributed by atoms with Crippen LogP contribution >= 0.6 is 0 Å². The summed E-state index contributed by atoms with van der Waals surface area (Å²) in [5.74, 6) is 0.429. The molecule has 0 saturated heterocycles. The van der Waals surface area contributed by atoms with E-state index in [9.17, 15) is 9.18 Å². The van der Waals surface area contributed by atoms with Gasteiger partial charge in [0.25, 0.3) is 5.56 Å². The number of hydrogen-bond donors (Lipinski definition) is 2. The Balaban J connectivity index is 1.49. The molecule has 1 aliphatic carbocycles. The van der Waals surface area contributed by atoms with Gasteiger partial charge in [0.2, 0.25) is 5.58 Å². The maximum Gasteiger partial charge on any atom is 0.294 e. The Morgan fingerprint density at radius 1 is 1.11 bits per heavy atom. The maximum atomic E-state index is 13.2. The molecule has 0 radical (unpaired) electrons. The zero-order chi connectivity index (χ0) is 18.4. The minimum absolute atomic E-state index is 0.227. The molecule has 0 spiro atoms. The molecular weight excluding hydrogens is 345 g/mol. The number of nitrogens with zero attached hydrogens (tertiary/aromatic N) is 1. The molecular formula is C21H19FN3O2+. The fraction of sp³-hybridized carbons (Fsp3) is 0.238. The lowest BCUT2D eigenvalue weighted by molar-refractivity contribution is -0.939. The van der Waals surface area contributed by atoms with Crippen LogP contribution in [0.1, 0.15) is 24.2 Å². The van der Waals surface area contributed by atoms with E-state index in [-0.39, 0.29) is 17.0 Å². The van der Waals surface area contributed by atoms with Crippen LogP contribution in [0.5, 0.6) is 0 Å². The fourth-order valence-electron chi connectivity index (χ4n) is 3.65. The predicted octanol–water partition coefficient (Wildman–Crippen LogP) is 2.56. The van der Waals surface area contributed by atoms with Crippen molar-refractivity contribution in [3.8, 4) is 0 Å². The van der Waals surface area contributed by atoms with Crippen molar-refractivity contribution >= 4 is 22.1 Å². The highest BCUT2D eigenvalue weighted by molar-refractivity contribution is 6.01. The van der Waals surface area contributed by atoms with Crippen molar-refractivity contribution in [2.24, 2.45) is 0 Å². The van der Waals surface area contributed by atoms with Crippen LogP contribution in [0.15, 0.2) is 57.7 Å². The first-order chi connectivity index (χ1) is 13.2. The van der Waals surface area contributed by atoms with E-state index >= 15 is 0 Å². The number of hydrogen-bond acceptors (Lipinski definition) is 3. The van der Waals surface area contributed by atoms with E-state index in [2.05, 4.69) is 4.98 Å². The Labute approximate surface area is 154 Å². The van der Waals surface area contributed by atoms with Crippen LogP contribution in [0.4, 0.5) is 4.39 Å². The third-order valence-corrected chi connectivity index (χ3v) is 5.17. The SMILES string of the molecule is O=c1[nH]c(C[NH+](Cc2ccc(F)cc2)C2CC2)nc2c1oc1ccccc12. The van der Waals surface area contributed by atoms with Crippen molar-refractivity contribution in [3.63, 3.8) is 0 Å². The highest BCUT2D eigenvalue weighted by atomic mass is 19.1. The van der Waals surface area contributed by atoms with Crippen molar-refractivity contribution < 1.29 is 13.7 Å². The van der Waals surface area contributed by atoms with Crippen molar-refractivity contribution in [2.75, 3.05) is 0 Å². The Hall–Kier alpha value is -2.99. The molecule has 1 aliphatic rings. The lowest BCUT2D eigenvalue weighted by Gasteiger charge is -2.18. The highest BCUT2D eigenvalue weighted by Crippen LogP contribution is 2.24. The number of benzene rings is 2. The van der Waals surface area contributed by atoms with Gasteiger partial charge in [-0.2, -0.15) is 0 Å². The number of para-hydroxylation sites is 1. The minimum Gasteiger partial charge on any atom is -0.449 e. The summed E-state index contributed by atoms with van der Waals surface area (Å²) < 4.78 is 18.8. The minimum atomic E-state index is -0.247. The van der Waals surface area contributed by atoms with E-state index in [0.29, 0.717) is 29.5 Å². The second-order valence-corrected chi connectivity index (χ2v) is 7.20. The van der Waals surface area contributed by atoms with Crippen molar-refractivity contribution in [1.82, 2.24) is 9.97 Å². The van der Waals surface area contributed by atoms with Crippen LogP contribution < -0.4 is 10.5 Å². The number of halogens is 1. The molecule has 1 fully saturated rings. The molecule has 1 atom stereocenters. The molecule has 1 unspecified atom stereocenters. The monoisotopic (exact) mass is 364 g/mol. The van der Waals surface area contributed by atoms with Gasteiger partial charge in [0.15, 0.2) is 5.82 Å². The van der Waals surface area contributed by atoms with E-state index < -0.39 is 0 Å². The Bertz CT molecular complexity index is 1180. The molecule has 27 heavy (non-hydrogen) atoms. The molecule has 0 amide bonds. The fourth-order valence-corrected chi connectivity index (χ4v) is 3.65. The summed E-state index contributed by atoms with van der Waals surface area (Å²) in [5, 5.41) is 0.853. The molecule has 136 valence electrons. The Morgan fingerprint density at radius 3 is 2.67 bits per heavy atom. The number of H-pyrrole nitrogens is 1. The average molecular weight is 364 g/mol. The van der Waals surface area contributed by atoms with Gasteiger partial charge in [-0.3, -0.25) is 4.79 Å². The summed E-state index contributed by atoms with van der Waals surface area (Å²) in [5.41, 5.74) is 2.38. The average Bonchev–Trinajstić information content (AvgIpc) is 3.45. The zero-order valence-corrected chi connectivity index (χ0v) is 14.7. The summed E-state index contributed by atoms with van der Waals surface area (Å²) in [7, 11) is 0. The quantitative estimate of drug-likeness (QED) is 0.572. The molecule has 0 aliphatic heterocycles. The Kier molecular flexibility index (Phi) is 3.79. The first-order valence-electron chi connectivity index (χ1n) is 9.17. The van der Waals surface area contributed by atoms with E-state index in [1.54, 1.807) is 0 Å². The molecule has 0 bridgehead atoms. The zero-order valence-electron chi connectivity index (χ0n) is 14.7. The first-order valence-corrected chi connectivity index (χ1v) is 9.17. The number of nitrogens with one attached hydrogen (secondary N) is 2. The smallest absolute Gasteiger partial charge is 0.294 e. The standard InChI is InChI=1S/C21H18FN3O2/c22-14-7-5-13(6-8-14)11-25(15-9-10-15)12-18-23-19-16-3-1-2-4-17(16)27-20(19)21(26)24-18/h1-8,15H,9-12H2,(H,23,24,26)/p+1. The van der Waals surface area contributed by atoms with Gasteiger partial charge < -0.3 is 14.3 Å². The molecule has 6 heteroatoms. The van der Waals surface area contributed by atoms with Gasteiger partial charge in [0.1, 0.15) is 30.0 Å². The lowest BCUT2D eigenvalue weighted by Crippen LogP contribution is -3.10. The molecule has 2 heterocycles. The third kappa shape index (κ3) is 3.13. The normalized spacial score (nSPS) is 15.4. The van der Waals surface area contributed by atoms with Gasteiger partial charge >= 0.3 is 0 Å². The molecule has 2 aromatic heterocycles. The van der Waals surface area contributed by atoms with Gasteiger partial charge in [-0.1, -0.05) is 24.3 Å². The van der Waals surface area contributed by atoms with Gasteiger partial charge in [0, 0.05) is 23.8 Å².